The van der Waals surface area contributed by atoms with Crippen molar-refractivity contribution in [2.45, 2.75) is 32.2 Å². The van der Waals surface area contributed by atoms with Crippen molar-refractivity contribution in [2.75, 3.05) is 5.75 Å². The molecule has 0 bridgehead atoms. The summed E-state index contributed by atoms with van der Waals surface area (Å²) >= 11 is 4.33. The zero-order chi connectivity index (χ0) is 14.0. The van der Waals surface area contributed by atoms with Crippen molar-refractivity contribution in [3.63, 3.8) is 0 Å². The number of H-pyrrole nitrogens is 1. The van der Waals surface area contributed by atoms with Crippen molar-refractivity contribution in [2.24, 2.45) is 5.41 Å². The van der Waals surface area contributed by atoms with Gasteiger partial charge in [-0.15, -0.1) is 0 Å². The van der Waals surface area contributed by atoms with Crippen LogP contribution in [0.1, 0.15) is 25.7 Å². The molecule has 0 atom stereocenters. The molecule has 1 N–H and O–H groups in total. The third kappa shape index (κ3) is 2.73. The second-order valence-corrected chi connectivity index (χ2v) is 5.34. The summed E-state index contributed by atoms with van der Waals surface area (Å²) in [7, 11) is 0. The van der Waals surface area contributed by atoms with Crippen LogP contribution >= 0.6 is 12.6 Å². The Labute approximate surface area is 114 Å². The van der Waals surface area contributed by atoms with Gasteiger partial charge in [0.2, 0.25) is 0 Å². The van der Waals surface area contributed by atoms with E-state index in [0.29, 0.717) is 12.3 Å². The van der Waals surface area contributed by atoms with Crippen LogP contribution in [0.2, 0.25) is 0 Å². The zero-order valence-electron chi connectivity index (χ0n) is 10.3. The second-order valence-electron chi connectivity index (χ2n) is 5.02. The Morgan fingerprint density at radius 3 is 2.58 bits per heavy atom. The van der Waals surface area contributed by atoms with Gasteiger partial charge in [-0.25, -0.2) is 4.79 Å². The number of hydrogen-bond donors (Lipinski definition) is 2. The van der Waals surface area contributed by atoms with Crippen molar-refractivity contribution >= 4 is 18.3 Å². The highest BCUT2D eigenvalue weighted by molar-refractivity contribution is 7.80. The van der Waals surface area contributed by atoms with Gasteiger partial charge in [-0.2, -0.15) is 12.6 Å². The molecule has 1 heterocycles. The van der Waals surface area contributed by atoms with Gasteiger partial charge in [-0.05, 0) is 24.0 Å². The Bertz CT molecular complexity index is 601. The van der Waals surface area contributed by atoms with E-state index in [1.807, 2.05) is 4.98 Å². The van der Waals surface area contributed by atoms with Crippen LogP contribution in [0.25, 0.3) is 0 Å². The lowest BCUT2D eigenvalue weighted by molar-refractivity contribution is -0.386. The average Bonchev–Trinajstić information content (AvgIpc) is 2.81. The normalized spacial score (nSPS) is 17.5. The van der Waals surface area contributed by atoms with Gasteiger partial charge in [0.25, 0.3) is 0 Å². The maximum Gasteiger partial charge on any atom is 0.350 e. The molecular weight excluding hydrogens is 270 g/mol. The van der Waals surface area contributed by atoms with Gasteiger partial charge in [0, 0.05) is 6.54 Å². The van der Waals surface area contributed by atoms with Gasteiger partial charge in [0.05, 0.1) is 11.1 Å². The van der Waals surface area contributed by atoms with Crippen molar-refractivity contribution in [1.29, 1.82) is 0 Å². The fraction of sp³-hybridized carbons (Fsp3) is 0.636. The minimum absolute atomic E-state index is 0.112. The first-order valence-corrected chi connectivity index (χ1v) is 6.70. The van der Waals surface area contributed by atoms with Gasteiger partial charge >= 0.3 is 16.9 Å². The second kappa shape index (κ2) is 5.20. The van der Waals surface area contributed by atoms with Crippen LogP contribution in [-0.4, -0.2) is 20.2 Å². The molecule has 0 aromatic carbocycles. The van der Waals surface area contributed by atoms with Crippen LogP contribution in [0.5, 0.6) is 0 Å². The number of nitro groups is 1. The fourth-order valence-electron chi connectivity index (χ4n) is 2.60. The molecule has 0 radical (unpaired) electrons. The molecule has 0 saturated heterocycles. The minimum atomic E-state index is -0.961. The van der Waals surface area contributed by atoms with Crippen LogP contribution in [0.4, 0.5) is 5.69 Å². The SMILES string of the molecule is O=c1[nH]c(=O)n(CC2(CS)CCCC2)cc1[N+](=O)[O-]. The van der Waals surface area contributed by atoms with E-state index in [0.717, 1.165) is 31.9 Å². The average molecular weight is 285 g/mol. The number of aromatic amines is 1. The lowest BCUT2D eigenvalue weighted by Gasteiger charge is -2.27. The Morgan fingerprint density at radius 1 is 1.42 bits per heavy atom. The predicted octanol–water partition coefficient (Wildman–Crippen LogP) is 0.935. The first-order chi connectivity index (χ1) is 8.97. The molecule has 0 amide bonds. The van der Waals surface area contributed by atoms with Gasteiger partial charge in [-0.3, -0.25) is 24.5 Å². The molecular formula is C11H15N3O4S. The summed E-state index contributed by atoms with van der Waals surface area (Å²) in [4.78, 5) is 35.0. The van der Waals surface area contributed by atoms with Crippen LogP contribution in [0, 0.1) is 15.5 Å². The molecule has 1 aromatic heterocycles. The number of nitrogens with zero attached hydrogens (tertiary/aromatic N) is 2. The van der Waals surface area contributed by atoms with Gasteiger partial charge in [-0.1, -0.05) is 12.8 Å². The molecule has 8 heteroatoms. The molecule has 0 spiro atoms. The summed E-state index contributed by atoms with van der Waals surface area (Å²) in [5.74, 6) is 0.617. The largest absolute Gasteiger partial charge is 0.350 e. The molecule has 0 unspecified atom stereocenters. The minimum Gasteiger partial charge on any atom is -0.293 e. The Hall–Kier alpha value is -1.57. The number of rotatable bonds is 4. The zero-order valence-corrected chi connectivity index (χ0v) is 11.2. The molecule has 1 saturated carbocycles. The quantitative estimate of drug-likeness (QED) is 0.488. The summed E-state index contributed by atoms with van der Waals surface area (Å²) in [5, 5.41) is 10.7. The molecule has 19 heavy (non-hydrogen) atoms. The number of nitrogens with one attached hydrogen (secondary N) is 1. The molecule has 1 aliphatic rings. The highest BCUT2D eigenvalue weighted by atomic mass is 32.1. The van der Waals surface area contributed by atoms with Crippen LogP contribution in [0.3, 0.4) is 0 Å². The number of aromatic nitrogens is 2. The van der Waals surface area contributed by atoms with Crippen molar-refractivity contribution in [3.8, 4) is 0 Å². The topological polar surface area (TPSA) is 98.0 Å². The van der Waals surface area contributed by atoms with Crippen molar-refractivity contribution in [1.82, 2.24) is 9.55 Å². The van der Waals surface area contributed by atoms with Crippen LogP contribution in [0.15, 0.2) is 15.8 Å². The van der Waals surface area contributed by atoms with E-state index < -0.39 is 21.9 Å². The number of thiol groups is 1. The maximum absolute atomic E-state index is 11.7. The molecule has 1 aromatic rings. The van der Waals surface area contributed by atoms with E-state index in [1.165, 1.54) is 4.57 Å². The summed E-state index contributed by atoms with van der Waals surface area (Å²) in [5.41, 5.74) is -2.29. The smallest absolute Gasteiger partial charge is 0.293 e. The third-order valence-electron chi connectivity index (χ3n) is 3.69. The summed E-state index contributed by atoms with van der Waals surface area (Å²) in [6, 6.07) is 0. The van der Waals surface area contributed by atoms with Gasteiger partial charge in [0.15, 0.2) is 0 Å². The fourth-order valence-corrected chi connectivity index (χ4v) is 3.01. The monoisotopic (exact) mass is 285 g/mol. The van der Waals surface area contributed by atoms with E-state index in [9.17, 15) is 19.7 Å². The molecule has 1 fully saturated rings. The Kier molecular flexibility index (Phi) is 3.79. The maximum atomic E-state index is 11.7. The van der Waals surface area contributed by atoms with E-state index in [4.69, 9.17) is 0 Å². The highest BCUT2D eigenvalue weighted by Crippen LogP contribution is 2.40. The molecule has 0 aliphatic heterocycles. The molecule has 7 nitrogen and oxygen atoms in total. The van der Waals surface area contributed by atoms with E-state index in [-0.39, 0.29) is 5.41 Å². The lowest BCUT2D eigenvalue weighted by Crippen LogP contribution is -2.36. The standard InChI is InChI=1S/C11H15N3O4S/c15-9-8(14(17)18)5-13(10(16)12-9)6-11(7-19)3-1-2-4-11/h5,19H,1-4,6-7H2,(H,12,15,16). The number of hydrogen-bond acceptors (Lipinski definition) is 5. The summed E-state index contributed by atoms with van der Waals surface area (Å²) < 4.78 is 1.22. The first-order valence-electron chi connectivity index (χ1n) is 6.06. The Balaban J connectivity index is 2.40. The van der Waals surface area contributed by atoms with E-state index in [1.54, 1.807) is 0 Å². The van der Waals surface area contributed by atoms with E-state index in [2.05, 4.69) is 12.6 Å². The molecule has 2 rings (SSSR count). The van der Waals surface area contributed by atoms with Gasteiger partial charge < -0.3 is 0 Å². The molecule has 104 valence electrons. The Morgan fingerprint density at radius 2 is 2.05 bits per heavy atom. The van der Waals surface area contributed by atoms with Gasteiger partial charge in [0.1, 0.15) is 0 Å². The predicted molar refractivity (Wildman–Crippen MR) is 72.7 cm³/mol. The van der Waals surface area contributed by atoms with Crippen molar-refractivity contribution < 1.29 is 4.92 Å². The van der Waals surface area contributed by atoms with Crippen molar-refractivity contribution in [3.05, 3.63) is 37.1 Å². The van der Waals surface area contributed by atoms with E-state index >= 15 is 0 Å². The third-order valence-corrected chi connectivity index (χ3v) is 4.36. The summed E-state index contributed by atoms with van der Waals surface area (Å²) in [6.07, 6.45) is 5.05. The summed E-state index contributed by atoms with van der Waals surface area (Å²) in [6.45, 7) is 0.354. The van der Waals surface area contributed by atoms with Crippen LogP contribution in [-0.2, 0) is 6.54 Å². The first kappa shape index (κ1) is 13.9. The highest BCUT2D eigenvalue weighted by Gasteiger charge is 2.33. The molecule has 1 aliphatic carbocycles. The van der Waals surface area contributed by atoms with Crippen LogP contribution < -0.4 is 11.2 Å². The lowest BCUT2D eigenvalue weighted by atomic mass is 9.88.